The first-order valence-electron chi connectivity index (χ1n) is 4.96. The number of benzene rings is 1. The third-order valence-corrected chi connectivity index (χ3v) is 2.74. The van der Waals surface area contributed by atoms with Gasteiger partial charge in [0.2, 0.25) is 0 Å². The molecule has 0 atom stereocenters. The number of rotatable bonds is 3. The molecule has 1 aromatic heterocycles. The van der Waals surface area contributed by atoms with E-state index in [-0.39, 0.29) is 0 Å². The average molecular weight is 237 g/mol. The van der Waals surface area contributed by atoms with Gasteiger partial charge in [-0.15, -0.1) is 0 Å². The zero-order valence-corrected chi connectivity index (χ0v) is 9.74. The number of nitrogens with zero attached hydrogens (tertiary/aromatic N) is 1. The van der Waals surface area contributed by atoms with Crippen LogP contribution in [-0.2, 0) is 6.54 Å². The molecule has 4 heteroatoms. The summed E-state index contributed by atoms with van der Waals surface area (Å²) in [5.74, 6) is 0.891. The van der Waals surface area contributed by atoms with Crippen molar-refractivity contribution < 1.29 is 4.42 Å². The summed E-state index contributed by atoms with van der Waals surface area (Å²) >= 11 is 5.96. The predicted molar refractivity (Wildman–Crippen MR) is 66.7 cm³/mol. The number of nitrogen functional groups attached to an aromatic ring is 1. The molecule has 2 aromatic rings. The van der Waals surface area contributed by atoms with Gasteiger partial charge in [0, 0.05) is 7.05 Å². The van der Waals surface area contributed by atoms with Crippen molar-refractivity contribution in [2.24, 2.45) is 0 Å². The van der Waals surface area contributed by atoms with Gasteiger partial charge in [-0.05, 0) is 24.3 Å². The molecule has 0 amide bonds. The highest BCUT2D eigenvalue weighted by Gasteiger charge is 2.09. The SMILES string of the molecule is CN(Cc1ccco1)c1cccc(Cl)c1N. The average Bonchev–Trinajstić information content (AvgIpc) is 2.74. The Kier molecular flexibility index (Phi) is 3.06. The zero-order chi connectivity index (χ0) is 11.5. The molecule has 2 N–H and O–H groups in total. The third-order valence-electron chi connectivity index (χ3n) is 2.41. The van der Waals surface area contributed by atoms with Crippen molar-refractivity contribution in [3.05, 3.63) is 47.4 Å². The number of hydrogen-bond donors (Lipinski definition) is 1. The quantitative estimate of drug-likeness (QED) is 0.833. The summed E-state index contributed by atoms with van der Waals surface area (Å²) in [5.41, 5.74) is 7.41. The van der Waals surface area contributed by atoms with E-state index in [2.05, 4.69) is 0 Å². The molecule has 0 spiro atoms. The van der Waals surface area contributed by atoms with Crippen molar-refractivity contribution in [2.45, 2.75) is 6.54 Å². The van der Waals surface area contributed by atoms with Gasteiger partial charge in [-0.1, -0.05) is 17.7 Å². The van der Waals surface area contributed by atoms with Crippen molar-refractivity contribution in [3.8, 4) is 0 Å². The molecule has 2 rings (SSSR count). The number of halogens is 1. The fourth-order valence-corrected chi connectivity index (χ4v) is 1.75. The maximum absolute atomic E-state index is 5.96. The Labute approximate surface area is 99.4 Å². The van der Waals surface area contributed by atoms with Gasteiger partial charge >= 0.3 is 0 Å². The lowest BCUT2D eigenvalue weighted by Gasteiger charge is -2.20. The monoisotopic (exact) mass is 236 g/mol. The van der Waals surface area contributed by atoms with Gasteiger partial charge in [-0.2, -0.15) is 0 Å². The van der Waals surface area contributed by atoms with E-state index < -0.39 is 0 Å². The minimum atomic E-state index is 0.573. The molecule has 3 nitrogen and oxygen atoms in total. The third kappa shape index (κ3) is 2.14. The predicted octanol–water partition coefficient (Wildman–Crippen LogP) is 3.15. The van der Waals surface area contributed by atoms with Crippen LogP contribution in [0.5, 0.6) is 0 Å². The fourth-order valence-electron chi connectivity index (χ4n) is 1.58. The fraction of sp³-hybridized carbons (Fsp3) is 0.167. The van der Waals surface area contributed by atoms with Crippen LogP contribution in [0.2, 0.25) is 5.02 Å². The number of furan rings is 1. The van der Waals surface area contributed by atoms with Crippen molar-refractivity contribution in [1.82, 2.24) is 0 Å². The molecule has 0 aliphatic carbocycles. The Morgan fingerprint density at radius 3 is 2.81 bits per heavy atom. The minimum absolute atomic E-state index is 0.573. The van der Waals surface area contributed by atoms with Crippen LogP contribution in [-0.4, -0.2) is 7.05 Å². The van der Waals surface area contributed by atoms with Crippen LogP contribution < -0.4 is 10.6 Å². The van der Waals surface area contributed by atoms with Crippen LogP contribution >= 0.6 is 11.6 Å². The smallest absolute Gasteiger partial charge is 0.123 e. The highest BCUT2D eigenvalue weighted by Crippen LogP contribution is 2.30. The molecule has 0 saturated carbocycles. The second-order valence-corrected chi connectivity index (χ2v) is 4.02. The standard InChI is InChI=1S/C12H13ClN2O/c1-15(8-9-4-3-7-16-9)11-6-2-5-10(13)12(11)14/h2-7H,8,14H2,1H3. The Bertz CT molecular complexity index is 468. The highest BCUT2D eigenvalue weighted by atomic mass is 35.5. The Morgan fingerprint density at radius 1 is 1.31 bits per heavy atom. The molecule has 0 unspecified atom stereocenters. The first-order valence-corrected chi connectivity index (χ1v) is 5.34. The lowest BCUT2D eigenvalue weighted by molar-refractivity contribution is 0.507. The van der Waals surface area contributed by atoms with Gasteiger partial charge in [-0.25, -0.2) is 0 Å². The second kappa shape index (κ2) is 4.49. The number of anilines is 2. The Hall–Kier alpha value is -1.61. The summed E-state index contributed by atoms with van der Waals surface area (Å²) in [4.78, 5) is 2.00. The first kappa shape index (κ1) is 10.9. The molecule has 0 fully saturated rings. The summed E-state index contributed by atoms with van der Waals surface area (Å²) in [6.45, 7) is 0.664. The Balaban J connectivity index is 2.21. The molecule has 0 saturated heterocycles. The van der Waals surface area contributed by atoms with E-state index in [1.165, 1.54) is 0 Å². The number of nitrogens with two attached hydrogens (primary N) is 1. The number of para-hydroxylation sites is 1. The van der Waals surface area contributed by atoms with E-state index in [1.54, 1.807) is 12.3 Å². The van der Waals surface area contributed by atoms with Gasteiger partial charge in [0.05, 0.1) is 29.2 Å². The molecule has 0 aliphatic heterocycles. The molecule has 16 heavy (non-hydrogen) atoms. The molecule has 84 valence electrons. The zero-order valence-electron chi connectivity index (χ0n) is 8.98. The Morgan fingerprint density at radius 2 is 2.12 bits per heavy atom. The van der Waals surface area contributed by atoms with Crippen LogP contribution in [0, 0.1) is 0 Å². The summed E-state index contributed by atoms with van der Waals surface area (Å²) in [5, 5.41) is 0.573. The molecular weight excluding hydrogens is 224 g/mol. The van der Waals surface area contributed by atoms with E-state index in [9.17, 15) is 0 Å². The van der Waals surface area contributed by atoms with E-state index >= 15 is 0 Å². The normalized spacial score (nSPS) is 10.4. The largest absolute Gasteiger partial charge is 0.467 e. The van der Waals surface area contributed by atoms with E-state index in [1.807, 2.05) is 36.2 Å². The molecule has 0 aliphatic rings. The van der Waals surface area contributed by atoms with Crippen molar-refractivity contribution in [2.75, 3.05) is 17.7 Å². The lowest BCUT2D eigenvalue weighted by atomic mass is 10.2. The van der Waals surface area contributed by atoms with Crippen LogP contribution in [0.15, 0.2) is 41.0 Å². The first-order chi connectivity index (χ1) is 7.68. The second-order valence-electron chi connectivity index (χ2n) is 3.61. The van der Waals surface area contributed by atoms with Crippen LogP contribution in [0.3, 0.4) is 0 Å². The number of hydrogen-bond acceptors (Lipinski definition) is 3. The maximum atomic E-state index is 5.96. The van der Waals surface area contributed by atoms with Gasteiger partial charge in [0.1, 0.15) is 5.76 Å². The van der Waals surface area contributed by atoms with E-state index in [4.69, 9.17) is 21.8 Å². The lowest BCUT2D eigenvalue weighted by Crippen LogP contribution is -2.17. The minimum Gasteiger partial charge on any atom is -0.467 e. The van der Waals surface area contributed by atoms with E-state index in [0.29, 0.717) is 17.3 Å². The molecule has 1 heterocycles. The summed E-state index contributed by atoms with van der Waals surface area (Å²) in [6, 6.07) is 9.39. The summed E-state index contributed by atoms with van der Waals surface area (Å²) in [7, 11) is 1.95. The van der Waals surface area contributed by atoms with Crippen LogP contribution in [0.1, 0.15) is 5.76 Å². The van der Waals surface area contributed by atoms with Gasteiger partial charge in [0.15, 0.2) is 0 Å². The van der Waals surface area contributed by atoms with Crippen molar-refractivity contribution in [1.29, 1.82) is 0 Å². The van der Waals surface area contributed by atoms with Crippen molar-refractivity contribution >= 4 is 23.0 Å². The van der Waals surface area contributed by atoms with Gasteiger partial charge < -0.3 is 15.1 Å². The van der Waals surface area contributed by atoms with Crippen LogP contribution in [0.25, 0.3) is 0 Å². The van der Waals surface area contributed by atoms with Gasteiger partial charge in [0.25, 0.3) is 0 Å². The van der Waals surface area contributed by atoms with Crippen molar-refractivity contribution in [3.63, 3.8) is 0 Å². The maximum Gasteiger partial charge on any atom is 0.123 e. The summed E-state index contributed by atoms with van der Waals surface area (Å²) in [6.07, 6.45) is 1.66. The molecule has 0 bridgehead atoms. The molecular formula is C12H13ClN2O. The summed E-state index contributed by atoms with van der Waals surface area (Å²) < 4.78 is 5.28. The van der Waals surface area contributed by atoms with Crippen LogP contribution in [0.4, 0.5) is 11.4 Å². The molecule has 0 radical (unpaired) electrons. The topological polar surface area (TPSA) is 42.4 Å². The highest BCUT2D eigenvalue weighted by molar-refractivity contribution is 6.33. The van der Waals surface area contributed by atoms with E-state index in [0.717, 1.165) is 11.4 Å². The molecule has 1 aromatic carbocycles. The van der Waals surface area contributed by atoms with Gasteiger partial charge in [-0.3, -0.25) is 0 Å².